The maximum absolute atomic E-state index is 10.8. The maximum atomic E-state index is 10.8. The minimum atomic E-state index is 0.612. The summed E-state index contributed by atoms with van der Waals surface area (Å²) in [5.41, 5.74) is 5.17. The van der Waals surface area contributed by atoms with Gasteiger partial charge in [-0.2, -0.15) is 0 Å². The number of nitrogens with zero attached hydrogens (tertiary/aromatic N) is 1. The molecule has 2 aromatic rings. The molecule has 1 amide bonds. The Balaban J connectivity index is 2.11. The van der Waals surface area contributed by atoms with Gasteiger partial charge in [-0.15, -0.1) is 0 Å². The first-order valence-electron chi connectivity index (χ1n) is 8.29. The molecule has 0 saturated carbocycles. The van der Waals surface area contributed by atoms with E-state index in [4.69, 9.17) is 4.74 Å². The maximum Gasteiger partial charge on any atom is 0.211 e. The Morgan fingerprint density at radius 2 is 1.68 bits per heavy atom. The molecule has 0 spiro atoms. The van der Waals surface area contributed by atoms with Gasteiger partial charge in [0.1, 0.15) is 12.4 Å². The summed E-state index contributed by atoms with van der Waals surface area (Å²) in [6.45, 7) is 1.46. The molecular weight excluding hydrogens is 312 g/mol. The van der Waals surface area contributed by atoms with Gasteiger partial charge in [-0.3, -0.25) is 4.79 Å². The van der Waals surface area contributed by atoms with Gasteiger partial charge < -0.3 is 15.0 Å². The first-order chi connectivity index (χ1) is 12.2. The van der Waals surface area contributed by atoms with Gasteiger partial charge in [0.25, 0.3) is 0 Å². The van der Waals surface area contributed by atoms with Gasteiger partial charge in [-0.25, -0.2) is 0 Å². The average Bonchev–Trinajstić information content (AvgIpc) is 2.75. The van der Waals surface area contributed by atoms with Crippen LogP contribution in [-0.4, -0.2) is 38.6 Å². The SMILES string of the molecule is CN(C)CCOC1=Cc2ccccc2C(=CNC=O)c2ccccc21. The second-order valence-electron chi connectivity index (χ2n) is 6.14. The molecule has 128 valence electrons. The lowest BCUT2D eigenvalue weighted by molar-refractivity contribution is -0.108. The van der Waals surface area contributed by atoms with Crippen molar-refractivity contribution in [1.29, 1.82) is 0 Å². The van der Waals surface area contributed by atoms with Crippen LogP contribution in [0.4, 0.5) is 0 Å². The molecule has 0 aromatic heterocycles. The van der Waals surface area contributed by atoms with E-state index in [0.717, 1.165) is 40.1 Å². The molecule has 25 heavy (non-hydrogen) atoms. The van der Waals surface area contributed by atoms with Gasteiger partial charge in [0.15, 0.2) is 0 Å². The summed E-state index contributed by atoms with van der Waals surface area (Å²) in [6, 6.07) is 16.2. The van der Waals surface area contributed by atoms with Gasteiger partial charge in [0.2, 0.25) is 6.41 Å². The second kappa shape index (κ2) is 7.81. The molecule has 0 heterocycles. The number of hydrogen-bond donors (Lipinski definition) is 1. The fourth-order valence-corrected chi connectivity index (χ4v) is 2.90. The number of benzene rings is 2. The smallest absolute Gasteiger partial charge is 0.211 e. The monoisotopic (exact) mass is 334 g/mol. The zero-order chi connectivity index (χ0) is 17.6. The van der Waals surface area contributed by atoms with Crippen LogP contribution in [0.5, 0.6) is 0 Å². The summed E-state index contributed by atoms with van der Waals surface area (Å²) in [6.07, 6.45) is 4.51. The van der Waals surface area contributed by atoms with Crippen LogP contribution in [0.3, 0.4) is 0 Å². The molecule has 0 aliphatic heterocycles. The topological polar surface area (TPSA) is 41.6 Å². The van der Waals surface area contributed by atoms with Gasteiger partial charge in [0.05, 0.1) is 0 Å². The minimum Gasteiger partial charge on any atom is -0.492 e. The molecule has 0 bridgehead atoms. The molecule has 3 rings (SSSR count). The van der Waals surface area contributed by atoms with Crippen molar-refractivity contribution in [3.05, 3.63) is 77.0 Å². The summed E-state index contributed by atoms with van der Waals surface area (Å²) < 4.78 is 6.11. The van der Waals surface area contributed by atoms with Crippen LogP contribution < -0.4 is 5.32 Å². The highest BCUT2D eigenvalue weighted by molar-refractivity contribution is 5.96. The van der Waals surface area contributed by atoms with Crippen molar-refractivity contribution in [3.63, 3.8) is 0 Å². The van der Waals surface area contributed by atoms with Crippen molar-refractivity contribution in [2.24, 2.45) is 0 Å². The highest BCUT2D eigenvalue weighted by atomic mass is 16.5. The highest BCUT2D eigenvalue weighted by Gasteiger charge is 2.20. The molecule has 4 heteroatoms. The van der Waals surface area contributed by atoms with Crippen molar-refractivity contribution < 1.29 is 9.53 Å². The number of fused-ring (bicyclic) bond motifs is 2. The van der Waals surface area contributed by atoms with E-state index in [1.54, 1.807) is 6.20 Å². The Labute approximate surface area is 148 Å². The zero-order valence-electron chi connectivity index (χ0n) is 14.5. The largest absolute Gasteiger partial charge is 0.492 e. The summed E-state index contributed by atoms with van der Waals surface area (Å²) >= 11 is 0. The third-order valence-electron chi connectivity index (χ3n) is 4.11. The normalized spacial score (nSPS) is 14.4. The molecule has 1 aliphatic rings. The van der Waals surface area contributed by atoms with E-state index in [1.165, 1.54) is 0 Å². The van der Waals surface area contributed by atoms with E-state index >= 15 is 0 Å². The van der Waals surface area contributed by atoms with Crippen molar-refractivity contribution in [2.45, 2.75) is 0 Å². The van der Waals surface area contributed by atoms with E-state index in [2.05, 4.69) is 40.6 Å². The average molecular weight is 334 g/mol. The summed E-state index contributed by atoms with van der Waals surface area (Å²) in [5, 5.41) is 2.69. The number of likely N-dealkylation sites (N-methyl/N-ethyl adjacent to an activating group) is 1. The molecule has 1 N–H and O–H groups in total. The lowest BCUT2D eigenvalue weighted by atomic mass is 9.94. The van der Waals surface area contributed by atoms with Crippen LogP contribution in [0.2, 0.25) is 0 Å². The Morgan fingerprint density at radius 3 is 2.40 bits per heavy atom. The van der Waals surface area contributed by atoms with Crippen LogP contribution in [0, 0.1) is 0 Å². The van der Waals surface area contributed by atoms with Crippen LogP contribution >= 0.6 is 0 Å². The van der Waals surface area contributed by atoms with Crippen molar-refractivity contribution in [1.82, 2.24) is 10.2 Å². The van der Waals surface area contributed by atoms with E-state index in [1.807, 2.05) is 38.4 Å². The number of ether oxygens (including phenoxy) is 1. The lowest BCUT2D eigenvalue weighted by Crippen LogP contribution is -2.17. The summed E-state index contributed by atoms with van der Waals surface area (Å²) in [7, 11) is 4.06. The van der Waals surface area contributed by atoms with Gasteiger partial charge in [0, 0.05) is 23.9 Å². The predicted octanol–water partition coefficient (Wildman–Crippen LogP) is 3.21. The molecule has 0 radical (unpaired) electrons. The molecule has 1 aliphatic carbocycles. The molecule has 0 saturated heterocycles. The van der Waals surface area contributed by atoms with Gasteiger partial charge in [-0.1, -0.05) is 48.5 Å². The number of rotatable bonds is 6. The Kier molecular flexibility index (Phi) is 5.31. The van der Waals surface area contributed by atoms with E-state index in [-0.39, 0.29) is 0 Å². The molecule has 4 nitrogen and oxygen atoms in total. The van der Waals surface area contributed by atoms with Gasteiger partial charge >= 0.3 is 0 Å². The zero-order valence-corrected chi connectivity index (χ0v) is 14.5. The second-order valence-corrected chi connectivity index (χ2v) is 6.14. The quantitative estimate of drug-likeness (QED) is 0.825. The number of amides is 1. The Morgan fingerprint density at radius 1 is 1.00 bits per heavy atom. The molecule has 0 unspecified atom stereocenters. The Hall–Kier alpha value is -2.85. The molecule has 0 fully saturated rings. The third-order valence-corrected chi connectivity index (χ3v) is 4.11. The van der Waals surface area contributed by atoms with E-state index in [0.29, 0.717) is 13.0 Å². The van der Waals surface area contributed by atoms with E-state index in [9.17, 15) is 4.79 Å². The molecular formula is C21H22N2O2. The number of carbonyl (C=O) groups is 1. The fourth-order valence-electron chi connectivity index (χ4n) is 2.90. The predicted molar refractivity (Wildman–Crippen MR) is 102 cm³/mol. The number of nitrogens with one attached hydrogen (secondary N) is 1. The van der Waals surface area contributed by atoms with Crippen LogP contribution in [0.25, 0.3) is 17.4 Å². The van der Waals surface area contributed by atoms with Gasteiger partial charge in [-0.05, 0) is 36.9 Å². The fraction of sp³-hybridized carbons (Fsp3) is 0.190. The van der Waals surface area contributed by atoms with Crippen molar-refractivity contribution in [2.75, 3.05) is 27.2 Å². The first-order valence-corrected chi connectivity index (χ1v) is 8.29. The lowest BCUT2D eigenvalue weighted by Gasteiger charge is -2.15. The number of hydrogen-bond acceptors (Lipinski definition) is 3. The van der Waals surface area contributed by atoms with Crippen LogP contribution in [0.15, 0.2) is 54.7 Å². The third kappa shape index (κ3) is 3.80. The van der Waals surface area contributed by atoms with Crippen molar-refractivity contribution in [3.8, 4) is 0 Å². The van der Waals surface area contributed by atoms with Crippen molar-refractivity contribution >= 4 is 23.8 Å². The first kappa shape index (κ1) is 17.0. The van der Waals surface area contributed by atoms with Crippen LogP contribution in [0.1, 0.15) is 22.3 Å². The molecule has 2 aromatic carbocycles. The number of carbonyl (C=O) groups excluding carboxylic acids is 1. The van der Waals surface area contributed by atoms with E-state index < -0.39 is 0 Å². The summed E-state index contributed by atoms with van der Waals surface area (Å²) in [4.78, 5) is 12.9. The minimum absolute atomic E-state index is 0.612. The standard InChI is InChI=1S/C21H22N2O2/c1-23(2)11-12-25-21-13-16-7-3-4-8-17(16)20(14-22-15-24)18-9-5-6-10-19(18)21/h3-10,13-15H,11-12H2,1-2H3,(H,22,24). The summed E-state index contributed by atoms with van der Waals surface area (Å²) in [5.74, 6) is 0.847. The Bertz CT molecular complexity index is 822. The molecule has 0 atom stereocenters. The van der Waals surface area contributed by atoms with Crippen LogP contribution in [-0.2, 0) is 9.53 Å². The highest BCUT2D eigenvalue weighted by Crippen LogP contribution is 2.37.